The summed E-state index contributed by atoms with van der Waals surface area (Å²) in [5.74, 6) is 1.44. The molecule has 2 aromatic carbocycles. The van der Waals surface area contributed by atoms with Gasteiger partial charge in [-0.05, 0) is 125 Å². The fraction of sp³-hybridized carbons (Fsp3) is 0.682. The number of piperidine rings is 2. The van der Waals surface area contributed by atoms with Gasteiger partial charge in [-0.15, -0.1) is 0 Å². The summed E-state index contributed by atoms with van der Waals surface area (Å²) in [5.41, 5.74) is -5.59. The van der Waals surface area contributed by atoms with Gasteiger partial charge in [-0.3, -0.25) is 19.4 Å². The summed E-state index contributed by atoms with van der Waals surface area (Å²) in [4.78, 5) is 29.8. The fourth-order valence-electron chi connectivity index (χ4n) is 12.2. The van der Waals surface area contributed by atoms with Crippen molar-refractivity contribution in [2.75, 3.05) is 26.2 Å². The lowest BCUT2D eigenvalue weighted by atomic mass is 9.49. The number of likely N-dealkylation sites (tertiary alicyclic amines) is 2. The minimum absolute atomic E-state index is 0. The average molecular weight is 869 g/mol. The quantitative estimate of drug-likeness (QED) is 0.159. The highest BCUT2D eigenvalue weighted by Gasteiger charge is 2.67. The molecule has 0 aromatic heterocycles. The van der Waals surface area contributed by atoms with Crippen molar-refractivity contribution in [1.29, 1.82) is 0 Å². The van der Waals surface area contributed by atoms with Gasteiger partial charge in [0.05, 0.1) is 11.2 Å². The Kier molecular flexibility index (Phi) is 11.6. The molecule has 8 aliphatic rings. The van der Waals surface area contributed by atoms with E-state index in [1.807, 2.05) is 13.0 Å². The second kappa shape index (κ2) is 15.6. The van der Waals surface area contributed by atoms with E-state index in [0.717, 1.165) is 67.9 Å². The Morgan fingerprint density at radius 2 is 1.17 bits per heavy atom. The van der Waals surface area contributed by atoms with Crippen molar-refractivity contribution >= 4 is 21.7 Å². The zero-order chi connectivity index (χ0) is 42.5. The molecule has 10 nitrogen and oxygen atoms in total. The topological polar surface area (TPSA) is 145 Å². The van der Waals surface area contributed by atoms with Crippen molar-refractivity contribution in [3.8, 4) is 11.5 Å². The van der Waals surface area contributed by atoms with Gasteiger partial charge >= 0.3 is 15.6 Å². The van der Waals surface area contributed by atoms with E-state index < -0.39 is 37.7 Å². The lowest BCUT2D eigenvalue weighted by Crippen LogP contribution is -2.73. The molecule has 2 aliphatic heterocycles. The number of aromatic hydroxyl groups is 1. The van der Waals surface area contributed by atoms with Gasteiger partial charge in [0.25, 0.3) is 0 Å². The number of hydrogen-bond donors (Lipinski definition) is 3. The molecule has 2 saturated heterocycles. The van der Waals surface area contributed by atoms with Gasteiger partial charge in [0.15, 0.2) is 0 Å². The SMILES string of the molecule is C.Cc1ccc2c(c1O)[C@]13CCN(CC4CC4)[C@H](C2)[C@]1(O)CCC(=O)C3.Cc1ccc2c(c1OS(=O)(=O)C(F)(F)F)[C@]13CCN(CC4CC4)[C@H](C2)[C@]1(O)CCC(=O)C3.FF. The first kappa shape index (κ1) is 44.9. The molecule has 0 radical (unpaired) electrons. The van der Waals surface area contributed by atoms with Crippen LogP contribution in [0.25, 0.3) is 0 Å². The van der Waals surface area contributed by atoms with E-state index in [9.17, 15) is 46.5 Å². The van der Waals surface area contributed by atoms with E-state index in [1.54, 1.807) is 12.1 Å². The molecule has 60 heavy (non-hydrogen) atoms. The summed E-state index contributed by atoms with van der Waals surface area (Å²) in [6, 6.07) is 7.20. The van der Waals surface area contributed by atoms with Crippen LogP contribution in [0.3, 0.4) is 0 Å². The third-order valence-electron chi connectivity index (χ3n) is 15.4. The molecule has 4 bridgehead atoms. The Bertz CT molecular complexity index is 2150. The van der Waals surface area contributed by atoms with E-state index in [1.165, 1.54) is 19.8 Å². The summed E-state index contributed by atoms with van der Waals surface area (Å²) >= 11 is 0. The Balaban J connectivity index is 0.000000176. The van der Waals surface area contributed by atoms with Crippen LogP contribution in [0.2, 0.25) is 0 Å². The molecular weight excluding hydrogens is 812 g/mol. The highest BCUT2D eigenvalue weighted by Crippen LogP contribution is 2.62. The van der Waals surface area contributed by atoms with Crippen LogP contribution in [0.5, 0.6) is 11.5 Å². The first-order valence-corrected chi connectivity index (χ1v) is 22.3. The molecule has 4 saturated carbocycles. The van der Waals surface area contributed by atoms with Gasteiger partial charge in [-0.2, -0.15) is 21.6 Å². The second-order valence-corrected chi connectivity index (χ2v) is 20.3. The van der Waals surface area contributed by atoms with Crippen molar-refractivity contribution in [3.05, 3.63) is 57.6 Å². The third-order valence-corrected chi connectivity index (χ3v) is 16.4. The van der Waals surface area contributed by atoms with Crippen LogP contribution in [0.4, 0.5) is 22.3 Å². The molecule has 0 amide bonds. The van der Waals surface area contributed by atoms with Crippen LogP contribution in [0.1, 0.15) is 118 Å². The number of aryl methyl sites for hydroxylation is 2. The summed E-state index contributed by atoms with van der Waals surface area (Å²) in [6.07, 6.45) is 8.93. The number of alkyl halides is 3. The molecule has 332 valence electrons. The number of Topliss-reactive ketones (excluding diaryl/α,β-unsaturated/α-hetero) is 2. The van der Waals surface area contributed by atoms with Crippen molar-refractivity contribution in [2.45, 2.75) is 151 Å². The van der Waals surface area contributed by atoms with E-state index in [0.29, 0.717) is 55.9 Å². The molecule has 6 fully saturated rings. The molecule has 6 aliphatic carbocycles. The number of hydrogen-bond acceptors (Lipinski definition) is 10. The number of phenolic OH excluding ortho intramolecular Hbond substituents is 1. The van der Waals surface area contributed by atoms with Gasteiger partial charge in [0.2, 0.25) is 0 Å². The first-order valence-electron chi connectivity index (χ1n) is 20.9. The predicted octanol–water partition coefficient (Wildman–Crippen LogP) is 6.93. The van der Waals surface area contributed by atoms with Gasteiger partial charge in [0, 0.05) is 82.0 Å². The lowest BCUT2D eigenvalue weighted by Gasteiger charge is -2.63. The van der Waals surface area contributed by atoms with E-state index in [4.69, 9.17) is 13.3 Å². The minimum Gasteiger partial charge on any atom is -0.507 e. The molecule has 6 atom stereocenters. The number of carbonyl (C=O) groups excluding carboxylic acids is 2. The van der Waals surface area contributed by atoms with Crippen molar-refractivity contribution in [1.82, 2.24) is 9.80 Å². The van der Waals surface area contributed by atoms with E-state index in [-0.39, 0.29) is 67.2 Å². The Morgan fingerprint density at radius 3 is 1.62 bits per heavy atom. The van der Waals surface area contributed by atoms with Crippen LogP contribution < -0.4 is 4.18 Å². The average Bonchev–Trinajstić information content (AvgIpc) is 4.12. The van der Waals surface area contributed by atoms with Gasteiger partial charge < -0.3 is 19.5 Å². The Hall–Kier alpha value is -3.18. The third kappa shape index (κ3) is 6.98. The van der Waals surface area contributed by atoms with Crippen LogP contribution >= 0.6 is 0 Å². The molecule has 2 heterocycles. The van der Waals surface area contributed by atoms with Crippen molar-refractivity contribution in [3.63, 3.8) is 0 Å². The molecule has 0 unspecified atom stereocenters. The molecular formula is C44H57F5N2O8S. The normalized spacial score (nSPS) is 33.3. The van der Waals surface area contributed by atoms with Gasteiger partial charge in [-0.1, -0.05) is 31.7 Å². The number of carbonyl (C=O) groups is 2. The largest absolute Gasteiger partial charge is 0.534 e. The maximum Gasteiger partial charge on any atom is 0.534 e. The summed E-state index contributed by atoms with van der Waals surface area (Å²) < 4.78 is 84.1. The highest BCUT2D eigenvalue weighted by atomic mass is 32.2. The number of aliphatic hydroxyl groups is 2. The van der Waals surface area contributed by atoms with Crippen molar-refractivity contribution < 1.29 is 59.8 Å². The number of ketones is 2. The summed E-state index contributed by atoms with van der Waals surface area (Å²) in [6.45, 7) is 6.83. The monoisotopic (exact) mass is 868 g/mol. The summed E-state index contributed by atoms with van der Waals surface area (Å²) in [5, 5.41) is 34.9. The molecule has 0 spiro atoms. The van der Waals surface area contributed by atoms with Gasteiger partial charge in [0.1, 0.15) is 23.1 Å². The van der Waals surface area contributed by atoms with Crippen molar-refractivity contribution in [2.24, 2.45) is 11.8 Å². The minimum atomic E-state index is -5.90. The number of halogens is 5. The maximum absolute atomic E-state index is 13.2. The number of fused-ring (bicyclic) bond motifs is 2. The van der Waals surface area contributed by atoms with Crippen LogP contribution in [-0.4, -0.2) is 100 Å². The van der Waals surface area contributed by atoms with E-state index >= 15 is 0 Å². The van der Waals surface area contributed by atoms with E-state index in [2.05, 4.69) is 15.9 Å². The zero-order valence-electron chi connectivity index (χ0n) is 33.4. The van der Waals surface area contributed by atoms with Crippen LogP contribution in [0, 0.1) is 25.7 Å². The lowest BCUT2D eigenvalue weighted by molar-refractivity contribution is -0.173. The highest BCUT2D eigenvalue weighted by molar-refractivity contribution is 7.88. The van der Waals surface area contributed by atoms with Crippen LogP contribution in [-0.2, 0) is 43.4 Å². The molecule has 2 aromatic rings. The number of benzene rings is 2. The number of phenols is 1. The number of nitrogens with zero attached hydrogens (tertiary/aromatic N) is 2. The zero-order valence-corrected chi connectivity index (χ0v) is 34.2. The second-order valence-electron chi connectivity index (χ2n) is 18.8. The van der Waals surface area contributed by atoms with Gasteiger partial charge in [-0.25, -0.2) is 0 Å². The maximum atomic E-state index is 13.2. The summed E-state index contributed by atoms with van der Waals surface area (Å²) in [7, 11) is -5.90. The fourth-order valence-corrected chi connectivity index (χ4v) is 12.7. The smallest absolute Gasteiger partial charge is 0.507 e. The number of rotatable bonds is 6. The predicted molar refractivity (Wildman–Crippen MR) is 212 cm³/mol. The molecule has 10 rings (SSSR count). The van der Waals surface area contributed by atoms with Crippen LogP contribution in [0.15, 0.2) is 24.3 Å². The molecule has 16 heteroatoms. The Morgan fingerprint density at radius 1 is 0.733 bits per heavy atom. The Labute approximate surface area is 348 Å². The standard InChI is InChI=1S/C22H26F3NO5S.C21H27NO3.CH4.F2/c1-13-2-5-15-10-17-21(28)7-6-16(27)11-20(21,8-9-26(17)12-14-3-4-14)18(15)19(13)31-32(29,30)22(23,24)25;1-13-2-5-15-10-17-21(25)7-6-16(23)11-20(21,18(15)19(13)24)8-9-22(17)12-14-3-4-14;;1-2/h2,5,14,17,28H,3-4,6-12H2,1H3;2,5,14,17,24-25H,3-4,6-12H2,1H3;1H4;/t2*17-,20-,21-;;/m11../s1. The molecule has 3 N–H and O–H groups in total. The first-order chi connectivity index (χ1) is 27.8.